The van der Waals surface area contributed by atoms with E-state index in [-0.39, 0.29) is 17.4 Å². The maximum absolute atomic E-state index is 5.93. The first kappa shape index (κ1) is 14.8. The summed E-state index contributed by atoms with van der Waals surface area (Å²) in [5.74, 6) is 2.64. The van der Waals surface area contributed by atoms with Crippen LogP contribution in [0.3, 0.4) is 0 Å². The summed E-state index contributed by atoms with van der Waals surface area (Å²) >= 11 is 0. The third-order valence-corrected chi connectivity index (χ3v) is 4.95. The van der Waals surface area contributed by atoms with E-state index in [1.165, 1.54) is 5.56 Å². The van der Waals surface area contributed by atoms with Crippen LogP contribution < -0.4 is 0 Å². The molecule has 5 nitrogen and oxygen atoms in total. The number of nitrogens with zero attached hydrogens (tertiary/aromatic N) is 3. The summed E-state index contributed by atoms with van der Waals surface area (Å²) < 4.78 is 11.5. The van der Waals surface area contributed by atoms with Crippen molar-refractivity contribution in [2.24, 2.45) is 5.41 Å². The Kier molecular flexibility index (Phi) is 3.48. The molecule has 0 unspecified atom stereocenters. The van der Waals surface area contributed by atoms with Crippen molar-refractivity contribution in [2.45, 2.75) is 57.5 Å². The van der Waals surface area contributed by atoms with Crippen LogP contribution in [-0.4, -0.2) is 27.8 Å². The highest BCUT2D eigenvalue weighted by molar-refractivity contribution is 5.28. The van der Waals surface area contributed by atoms with Crippen LogP contribution in [0.15, 0.2) is 29.0 Å². The zero-order valence-electron chi connectivity index (χ0n) is 13.9. The summed E-state index contributed by atoms with van der Waals surface area (Å²) in [6, 6.07) is 4.10. The number of rotatable bonds is 3. The molecule has 0 aromatic carbocycles. The lowest BCUT2D eigenvalue weighted by Crippen LogP contribution is -2.30. The van der Waals surface area contributed by atoms with Crippen LogP contribution in [0.2, 0.25) is 0 Å². The van der Waals surface area contributed by atoms with E-state index in [4.69, 9.17) is 14.2 Å². The topological polar surface area (TPSA) is 61.0 Å². The molecule has 3 heterocycles. The molecule has 5 heteroatoms. The standard InChI is InChI=1S/C18H23N3O2/c1-18(2,3)15-12(6-8-22-15)16-20-17(23-21-16)14-9-13(14)11-5-4-7-19-10-11/h4-5,7,10,12-15H,6,8-9H2,1-3H3/t12-,13-,14+,15-/m0/s1. The minimum absolute atomic E-state index is 0.0831. The Morgan fingerprint density at radius 3 is 2.78 bits per heavy atom. The molecule has 2 aromatic heterocycles. The zero-order chi connectivity index (χ0) is 16.0. The predicted octanol–water partition coefficient (Wildman–Crippen LogP) is 3.65. The van der Waals surface area contributed by atoms with Crippen LogP contribution in [0, 0.1) is 5.41 Å². The Bertz CT molecular complexity index is 677. The van der Waals surface area contributed by atoms with Gasteiger partial charge in [0.05, 0.1) is 12.0 Å². The molecule has 0 N–H and O–H groups in total. The fourth-order valence-electron chi connectivity index (χ4n) is 3.69. The molecular formula is C18H23N3O2. The van der Waals surface area contributed by atoms with Gasteiger partial charge in [-0.15, -0.1) is 0 Å². The van der Waals surface area contributed by atoms with Crippen LogP contribution in [0.25, 0.3) is 0 Å². The van der Waals surface area contributed by atoms with Gasteiger partial charge in [-0.2, -0.15) is 4.98 Å². The highest BCUT2D eigenvalue weighted by Crippen LogP contribution is 2.54. The Hall–Kier alpha value is -1.75. The number of hydrogen-bond donors (Lipinski definition) is 0. The number of aromatic nitrogens is 3. The molecule has 0 amide bonds. The van der Waals surface area contributed by atoms with E-state index in [1.807, 2.05) is 12.3 Å². The zero-order valence-corrected chi connectivity index (χ0v) is 13.9. The minimum Gasteiger partial charge on any atom is -0.377 e. The highest BCUT2D eigenvalue weighted by Gasteiger charge is 2.45. The van der Waals surface area contributed by atoms with Gasteiger partial charge in [0, 0.05) is 24.9 Å². The van der Waals surface area contributed by atoms with Crippen molar-refractivity contribution in [3.8, 4) is 0 Å². The van der Waals surface area contributed by atoms with E-state index in [0.717, 1.165) is 31.2 Å². The van der Waals surface area contributed by atoms with Crippen molar-refractivity contribution in [3.63, 3.8) is 0 Å². The number of hydrogen-bond acceptors (Lipinski definition) is 5. The van der Waals surface area contributed by atoms with Crippen LogP contribution in [0.4, 0.5) is 0 Å². The van der Waals surface area contributed by atoms with Crippen LogP contribution >= 0.6 is 0 Å². The molecule has 2 aromatic rings. The Morgan fingerprint density at radius 2 is 2.04 bits per heavy atom. The van der Waals surface area contributed by atoms with Gasteiger partial charge in [0.25, 0.3) is 0 Å². The first-order chi connectivity index (χ1) is 11.0. The SMILES string of the molecule is CC(C)(C)[C@H]1OCC[C@@H]1c1noc([C@@H]2C[C@H]2c2cccnc2)n1. The fraction of sp³-hybridized carbons (Fsp3) is 0.611. The largest absolute Gasteiger partial charge is 0.377 e. The number of ether oxygens (including phenoxy) is 1. The Morgan fingerprint density at radius 1 is 1.17 bits per heavy atom. The van der Waals surface area contributed by atoms with E-state index in [9.17, 15) is 0 Å². The highest BCUT2D eigenvalue weighted by atomic mass is 16.5. The second-order valence-corrected chi connectivity index (χ2v) is 7.78. The van der Waals surface area contributed by atoms with E-state index in [1.54, 1.807) is 6.20 Å². The first-order valence-corrected chi connectivity index (χ1v) is 8.39. The van der Waals surface area contributed by atoms with Gasteiger partial charge < -0.3 is 9.26 Å². The summed E-state index contributed by atoms with van der Waals surface area (Å²) in [6.07, 6.45) is 5.93. The summed E-state index contributed by atoms with van der Waals surface area (Å²) in [5.41, 5.74) is 1.34. The molecule has 23 heavy (non-hydrogen) atoms. The number of pyridine rings is 1. The molecule has 0 bridgehead atoms. The molecule has 1 aliphatic heterocycles. The summed E-state index contributed by atoms with van der Waals surface area (Å²) in [6.45, 7) is 7.39. The van der Waals surface area contributed by atoms with Crippen LogP contribution in [0.1, 0.15) is 68.6 Å². The summed E-state index contributed by atoms with van der Waals surface area (Å²) in [7, 11) is 0. The maximum Gasteiger partial charge on any atom is 0.230 e. The molecule has 122 valence electrons. The molecule has 4 rings (SSSR count). The monoisotopic (exact) mass is 313 g/mol. The van der Waals surface area contributed by atoms with Crippen molar-refractivity contribution in [1.29, 1.82) is 0 Å². The maximum atomic E-state index is 5.93. The van der Waals surface area contributed by atoms with E-state index in [0.29, 0.717) is 11.8 Å². The lowest BCUT2D eigenvalue weighted by Gasteiger charge is -2.29. The average Bonchev–Trinajstić information content (AvgIpc) is 2.97. The quantitative estimate of drug-likeness (QED) is 0.865. The van der Waals surface area contributed by atoms with Gasteiger partial charge in [0.1, 0.15) is 0 Å². The van der Waals surface area contributed by atoms with E-state index in [2.05, 4.69) is 37.0 Å². The van der Waals surface area contributed by atoms with Crippen molar-refractivity contribution >= 4 is 0 Å². The van der Waals surface area contributed by atoms with Gasteiger partial charge in [0.15, 0.2) is 5.82 Å². The molecule has 2 aliphatic rings. The molecule has 1 saturated carbocycles. The normalized spacial score (nSPS) is 30.6. The third-order valence-electron chi connectivity index (χ3n) is 4.95. The van der Waals surface area contributed by atoms with Crippen molar-refractivity contribution in [2.75, 3.05) is 6.61 Å². The second-order valence-electron chi connectivity index (χ2n) is 7.78. The van der Waals surface area contributed by atoms with Crippen molar-refractivity contribution < 1.29 is 9.26 Å². The van der Waals surface area contributed by atoms with Gasteiger partial charge in [0.2, 0.25) is 5.89 Å². The molecule has 0 spiro atoms. The molecule has 1 aliphatic carbocycles. The lowest BCUT2D eigenvalue weighted by atomic mass is 9.81. The van der Waals surface area contributed by atoms with Crippen molar-refractivity contribution in [3.05, 3.63) is 41.8 Å². The van der Waals surface area contributed by atoms with Gasteiger partial charge in [-0.05, 0) is 35.8 Å². The van der Waals surface area contributed by atoms with Crippen molar-refractivity contribution in [1.82, 2.24) is 15.1 Å². The Balaban J connectivity index is 1.50. The van der Waals surface area contributed by atoms with Crippen LogP contribution in [-0.2, 0) is 4.74 Å². The molecule has 1 saturated heterocycles. The molecule has 2 fully saturated rings. The predicted molar refractivity (Wildman–Crippen MR) is 85.2 cm³/mol. The molecular weight excluding hydrogens is 290 g/mol. The van der Waals surface area contributed by atoms with Gasteiger partial charge in [-0.1, -0.05) is 32.0 Å². The van der Waals surface area contributed by atoms with Gasteiger partial charge in [-0.3, -0.25) is 4.98 Å². The second kappa shape index (κ2) is 5.41. The van der Waals surface area contributed by atoms with Crippen LogP contribution in [0.5, 0.6) is 0 Å². The smallest absolute Gasteiger partial charge is 0.230 e. The molecule has 4 atom stereocenters. The van der Waals surface area contributed by atoms with Gasteiger partial charge in [-0.25, -0.2) is 0 Å². The molecule has 0 radical (unpaired) electrons. The average molecular weight is 313 g/mol. The Labute approximate surface area is 136 Å². The summed E-state index contributed by atoms with van der Waals surface area (Å²) in [4.78, 5) is 8.91. The van der Waals surface area contributed by atoms with Gasteiger partial charge >= 0.3 is 0 Å². The summed E-state index contributed by atoms with van der Waals surface area (Å²) in [5, 5.41) is 4.27. The fourth-order valence-corrected chi connectivity index (χ4v) is 3.69. The van der Waals surface area contributed by atoms with E-state index >= 15 is 0 Å². The minimum atomic E-state index is 0.0831. The van der Waals surface area contributed by atoms with E-state index < -0.39 is 0 Å². The third kappa shape index (κ3) is 2.78. The first-order valence-electron chi connectivity index (χ1n) is 8.39. The lowest BCUT2D eigenvalue weighted by molar-refractivity contribution is 0.0193.